The molecule has 32 heavy (non-hydrogen) atoms. The number of pyridine rings is 1. The molecule has 0 atom stereocenters. The van der Waals surface area contributed by atoms with Gasteiger partial charge in [-0.15, -0.1) is 0 Å². The lowest BCUT2D eigenvalue weighted by molar-refractivity contribution is -0.0520. The van der Waals surface area contributed by atoms with E-state index in [1.54, 1.807) is 38.4 Å². The van der Waals surface area contributed by atoms with Gasteiger partial charge in [0, 0.05) is 37.5 Å². The molecule has 0 bridgehead atoms. The van der Waals surface area contributed by atoms with E-state index in [-0.39, 0.29) is 18.0 Å². The van der Waals surface area contributed by atoms with E-state index in [0.717, 1.165) is 16.8 Å². The Balaban J connectivity index is 1.64. The third kappa shape index (κ3) is 6.41. The van der Waals surface area contributed by atoms with Crippen LogP contribution in [0.15, 0.2) is 71.9 Å². The number of rotatable bonds is 9. The largest absolute Gasteiger partial charge is 0.490 e. The Morgan fingerprint density at radius 1 is 1.03 bits per heavy atom. The van der Waals surface area contributed by atoms with Crippen LogP contribution in [-0.2, 0) is 13.1 Å². The van der Waals surface area contributed by atoms with Crippen LogP contribution in [0, 0.1) is 0 Å². The molecule has 2 N–H and O–H groups in total. The Morgan fingerprint density at radius 2 is 1.84 bits per heavy atom. The fourth-order valence-corrected chi connectivity index (χ4v) is 3.15. The van der Waals surface area contributed by atoms with Gasteiger partial charge in [-0.1, -0.05) is 36.4 Å². The predicted octanol–water partition coefficient (Wildman–Crippen LogP) is 4.61. The molecular formula is C24H26F2N4O2. The summed E-state index contributed by atoms with van der Waals surface area (Å²) in [5.74, 6) is 0.829. The lowest BCUT2D eigenvalue weighted by Crippen LogP contribution is -2.36. The zero-order valence-electron chi connectivity index (χ0n) is 18.0. The number of aliphatic imine (C=N–C) groups is 1. The summed E-state index contributed by atoms with van der Waals surface area (Å²) in [5, 5.41) is 6.36. The highest BCUT2D eigenvalue weighted by atomic mass is 19.3. The summed E-state index contributed by atoms with van der Waals surface area (Å²) in [6.07, 6.45) is 1.76. The van der Waals surface area contributed by atoms with E-state index in [2.05, 4.69) is 26.7 Å². The Hall–Kier alpha value is -3.68. The van der Waals surface area contributed by atoms with Gasteiger partial charge in [0.25, 0.3) is 0 Å². The van der Waals surface area contributed by atoms with Crippen molar-refractivity contribution < 1.29 is 18.3 Å². The molecule has 0 aliphatic rings. The van der Waals surface area contributed by atoms with Crippen molar-refractivity contribution in [2.24, 2.45) is 4.99 Å². The normalized spacial score (nSPS) is 11.3. The van der Waals surface area contributed by atoms with Gasteiger partial charge in [0.15, 0.2) is 17.5 Å². The van der Waals surface area contributed by atoms with Crippen LogP contribution < -0.4 is 20.1 Å². The maximum atomic E-state index is 12.9. The first-order valence-corrected chi connectivity index (χ1v) is 10.2. The van der Waals surface area contributed by atoms with Gasteiger partial charge in [-0.25, -0.2) is 0 Å². The van der Waals surface area contributed by atoms with Crippen molar-refractivity contribution in [1.82, 2.24) is 15.6 Å². The highest BCUT2D eigenvalue weighted by molar-refractivity contribution is 5.79. The summed E-state index contributed by atoms with van der Waals surface area (Å²) in [4.78, 5) is 8.59. The van der Waals surface area contributed by atoms with E-state index < -0.39 is 6.61 Å². The fraction of sp³-hybridized carbons (Fsp3) is 0.250. The Morgan fingerprint density at radius 3 is 2.56 bits per heavy atom. The molecule has 2 aromatic carbocycles. The van der Waals surface area contributed by atoms with E-state index in [4.69, 9.17) is 9.47 Å². The van der Waals surface area contributed by atoms with E-state index in [1.165, 1.54) is 0 Å². The summed E-state index contributed by atoms with van der Waals surface area (Å²) in [6, 6.07) is 18.9. The van der Waals surface area contributed by atoms with Crippen LogP contribution >= 0.6 is 0 Å². The van der Waals surface area contributed by atoms with Crippen LogP contribution in [0.1, 0.15) is 18.1 Å². The average molecular weight is 440 g/mol. The highest BCUT2D eigenvalue weighted by Crippen LogP contribution is 2.32. The maximum Gasteiger partial charge on any atom is 0.387 e. The number of ether oxygens (including phenoxy) is 2. The number of hydrogen-bond acceptors (Lipinski definition) is 4. The molecule has 6 nitrogen and oxygen atoms in total. The molecule has 0 aliphatic heterocycles. The Bertz CT molecular complexity index is 1030. The van der Waals surface area contributed by atoms with Crippen molar-refractivity contribution in [3.63, 3.8) is 0 Å². The third-order valence-corrected chi connectivity index (χ3v) is 4.58. The number of benzene rings is 2. The molecule has 0 radical (unpaired) electrons. The number of halogens is 2. The lowest BCUT2D eigenvalue weighted by Gasteiger charge is -2.17. The quantitative estimate of drug-likeness (QED) is 0.376. The van der Waals surface area contributed by atoms with Crippen LogP contribution in [0.5, 0.6) is 11.5 Å². The summed E-state index contributed by atoms with van der Waals surface area (Å²) in [5.41, 5.74) is 3.51. The minimum Gasteiger partial charge on any atom is -0.490 e. The van der Waals surface area contributed by atoms with Crippen LogP contribution in [0.25, 0.3) is 11.3 Å². The van der Waals surface area contributed by atoms with Gasteiger partial charge >= 0.3 is 6.61 Å². The second-order valence-electron chi connectivity index (χ2n) is 6.75. The van der Waals surface area contributed by atoms with Gasteiger partial charge in [0.2, 0.25) is 0 Å². The molecular weight excluding hydrogens is 414 g/mol. The first-order chi connectivity index (χ1) is 15.6. The van der Waals surface area contributed by atoms with Gasteiger partial charge in [0.1, 0.15) is 0 Å². The van der Waals surface area contributed by atoms with Crippen LogP contribution in [-0.4, -0.2) is 31.2 Å². The summed E-state index contributed by atoms with van der Waals surface area (Å²) in [6.45, 7) is -0.0570. The van der Waals surface area contributed by atoms with E-state index in [9.17, 15) is 8.78 Å². The minimum absolute atomic E-state index is 0.0235. The number of para-hydroxylation sites is 1. The molecule has 0 amide bonds. The molecule has 0 aliphatic carbocycles. The summed E-state index contributed by atoms with van der Waals surface area (Å²) < 4.78 is 36.0. The lowest BCUT2D eigenvalue weighted by atomic mass is 10.1. The van der Waals surface area contributed by atoms with Gasteiger partial charge in [-0.3, -0.25) is 9.98 Å². The smallest absolute Gasteiger partial charge is 0.387 e. The Labute approximate surface area is 186 Å². The van der Waals surface area contributed by atoms with Crippen LogP contribution in [0.3, 0.4) is 0 Å². The second kappa shape index (κ2) is 11.6. The molecule has 0 saturated carbocycles. The molecule has 3 aromatic rings. The fourth-order valence-electron chi connectivity index (χ4n) is 3.15. The van der Waals surface area contributed by atoms with Gasteiger partial charge < -0.3 is 20.1 Å². The van der Waals surface area contributed by atoms with Crippen molar-refractivity contribution in [2.45, 2.75) is 26.6 Å². The number of aromatic nitrogens is 1. The first kappa shape index (κ1) is 23.0. The van der Waals surface area contributed by atoms with Crippen molar-refractivity contribution >= 4 is 5.96 Å². The maximum absolute atomic E-state index is 12.9. The average Bonchev–Trinajstić information content (AvgIpc) is 2.81. The number of nitrogens with zero attached hydrogens (tertiary/aromatic N) is 2. The van der Waals surface area contributed by atoms with E-state index in [1.807, 2.05) is 36.4 Å². The Kier molecular flexibility index (Phi) is 8.36. The highest BCUT2D eigenvalue weighted by Gasteiger charge is 2.16. The van der Waals surface area contributed by atoms with Crippen molar-refractivity contribution in [3.05, 3.63) is 78.0 Å². The van der Waals surface area contributed by atoms with Crippen LogP contribution in [0.2, 0.25) is 0 Å². The molecule has 8 heteroatoms. The van der Waals surface area contributed by atoms with Crippen LogP contribution in [0.4, 0.5) is 8.78 Å². The molecule has 168 valence electrons. The molecule has 0 spiro atoms. The number of nitrogens with one attached hydrogen (secondary N) is 2. The van der Waals surface area contributed by atoms with Crippen molar-refractivity contribution in [2.75, 3.05) is 13.7 Å². The minimum atomic E-state index is -2.95. The zero-order chi connectivity index (χ0) is 22.8. The molecule has 3 rings (SSSR count). The number of alkyl halides is 2. The molecule has 1 aromatic heterocycles. The number of guanidine groups is 1. The SMILES string of the molecule is CCOc1cccc(CNC(=NC)NCc2cccc(-c3ccccn3)c2)c1OC(F)F. The van der Waals surface area contributed by atoms with E-state index in [0.29, 0.717) is 24.7 Å². The topological polar surface area (TPSA) is 67.8 Å². The predicted molar refractivity (Wildman–Crippen MR) is 121 cm³/mol. The monoisotopic (exact) mass is 440 g/mol. The third-order valence-electron chi connectivity index (χ3n) is 4.58. The molecule has 0 saturated heterocycles. The first-order valence-electron chi connectivity index (χ1n) is 10.2. The van der Waals surface area contributed by atoms with Gasteiger partial charge in [-0.2, -0.15) is 8.78 Å². The zero-order valence-corrected chi connectivity index (χ0v) is 18.0. The van der Waals surface area contributed by atoms with Gasteiger partial charge in [0.05, 0.1) is 12.3 Å². The second-order valence-corrected chi connectivity index (χ2v) is 6.75. The molecule has 0 fully saturated rings. The van der Waals surface area contributed by atoms with Crippen molar-refractivity contribution in [3.8, 4) is 22.8 Å². The summed E-state index contributed by atoms with van der Waals surface area (Å²) >= 11 is 0. The molecule has 0 unspecified atom stereocenters. The van der Waals surface area contributed by atoms with Gasteiger partial charge in [-0.05, 0) is 36.8 Å². The van der Waals surface area contributed by atoms with Crippen molar-refractivity contribution in [1.29, 1.82) is 0 Å². The molecule has 1 heterocycles. The number of hydrogen-bond donors (Lipinski definition) is 2. The summed E-state index contributed by atoms with van der Waals surface area (Å²) in [7, 11) is 1.65. The van der Waals surface area contributed by atoms with E-state index >= 15 is 0 Å². The standard InChI is InChI=1S/C24H26F2N4O2/c1-3-31-21-12-7-10-19(22(21)32-23(25)26)16-30-24(27-2)29-15-17-8-6-9-18(14-17)20-11-4-5-13-28-20/h4-14,23H,3,15-16H2,1-2H3,(H2,27,29,30).